The van der Waals surface area contributed by atoms with Crippen molar-refractivity contribution in [3.05, 3.63) is 0 Å². The van der Waals surface area contributed by atoms with Crippen LogP contribution < -0.4 is 0 Å². The molecular formula is C24H43O6P. The van der Waals surface area contributed by atoms with Crippen LogP contribution in [0, 0.1) is 46.3 Å². The summed E-state index contributed by atoms with van der Waals surface area (Å²) in [5, 5.41) is 33.1. The lowest BCUT2D eigenvalue weighted by Crippen LogP contribution is -2.62. The van der Waals surface area contributed by atoms with Crippen LogP contribution in [0.5, 0.6) is 0 Å². The lowest BCUT2D eigenvalue weighted by atomic mass is 9.43. The summed E-state index contributed by atoms with van der Waals surface area (Å²) < 4.78 is 11.2. The minimum absolute atomic E-state index is 0.0677. The standard InChI is InChI=1S/C24H43O6P/c1-14(5-4-10-31(28,29)30)17-6-7-18-22-19(13-21(27)24(17,18)3)23(2)9-8-16(25)11-15(23)12-20(22)26/h14-22,25-27H,4-13H2,1-3H3,(H2,28,29,30)/t14-,15+,16-,17-,18+,19+,20-,21+,22+,23+,24-/m1/s1. The van der Waals surface area contributed by atoms with Crippen molar-refractivity contribution in [2.24, 2.45) is 46.3 Å². The van der Waals surface area contributed by atoms with Gasteiger partial charge in [0, 0.05) is 6.16 Å². The van der Waals surface area contributed by atoms with Gasteiger partial charge < -0.3 is 25.1 Å². The molecule has 0 aromatic carbocycles. The molecule has 0 aliphatic heterocycles. The molecule has 4 aliphatic carbocycles. The lowest BCUT2D eigenvalue weighted by Gasteiger charge is -2.63. The van der Waals surface area contributed by atoms with Crippen molar-refractivity contribution in [1.29, 1.82) is 0 Å². The quantitative estimate of drug-likeness (QED) is 0.402. The summed E-state index contributed by atoms with van der Waals surface area (Å²) in [7, 11) is -3.97. The first-order valence-electron chi connectivity index (χ1n) is 12.5. The minimum Gasteiger partial charge on any atom is -0.393 e. The maximum Gasteiger partial charge on any atom is 0.325 e. The van der Waals surface area contributed by atoms with Gasteiger partial charge in [-0.1, -0.05) is 20.8 Å². The molecule has 7 heteroatoms. The highest BCUT2D eigenvalue weighted by molar-refractivity contribution is 7.51. The average Bonchev–Trinajstić information content (AvgIpc) is 3.01. The number of fused-ring (bicyclic) bond motifs is 5. The van der Waals surface area contributed by atoms with Gasteiger partial charge in [-0.2, -0.15) is 0 Å². The van der Waals surface area contributed by atoms with Crippen molar-refractivity contribution < 1.29 is 29.7 Å². The van der Waals surface area contributed by atoms with Crippen LogP contribution in [0.15, 0.2) is 0 Å². The van der Waals surface area contributed by atoms with Gasteiger partial charge in [-0.3, -0.25) is 4.57 Å². The second-order valence-corrected chi connectivity index (χ2v) is 13.8. The van der Waals surface area contributed by atoms with E-state index in [9.17, 15) is 29.7 Å². The Morgan fingerprint density at radius 2 is 1.71 bits per heavy atom. The van der Waals surface area contributed by atoms with Crippen molar-refractivity contribution in [3.8, 4) is 0 Å². The molecule has 0 aromatic rings. The summed E-state index contributed by atoms with van der Waals surface area (Å²) in [6, 6.07) is 0. The molecule has 31 heavy (non-hydrogen) atoms. The summed E-state index contributed by atoms with van der Waals surface area (Å²) in [5.41, 5.74) is -0.167. The van der Waals surface area contributed by atoms with Crippen molar-refractivity contribution in [1.82, 2.24) is 0 Å². The third kappa shape index (κ3) is 4.08. The Bertz CT molecular complexity index is 710. The van der Waals surface area contributed by atoms with E-state index in [4.69, 9.17) is 0 Å². The zero-order chi connectivity index (χ0) is 22.8. The zero-order valence-corrected chi connectivity index (χ0v) is 20.3. The number of aliphatic hydroxyl groups is 3. The summed E-state index contributed by atoms with van der Waals surface area (Å²) in [6.45, 7) is 6.75. The summed E-state index contributed by atoms with van der Waals surface area (Å²) >= 11 is 0. The molecule has 0 saturated heterocycles. The predicted octanol–water partition coefficient (Wildman–Crippen LogP) is 3.54. The van der Waals surface area contributed by atoms with Gasteiger partial charge in [-0.05, 0) is 104 Å². The number of hydrogen-bond acceptors (Lipinski definition) is 4. The van der Waals surface area contributed by atoms with Gasteiger partial charge in [-0.25, -0.2) is 0 Å². The van der Waals surface area contributed by atoms with Gasteiger partial charge in [0.2, 0.25) is 0 Å². The molecular weight excluding hydrogens is 415 g/mol. The second kappa shape index (κ2) is 8.36. The van der Waals surface area contributed by atoms with Crippen molar-refractivity contribution in [2.45, 2.75) is 96.9 Å². The molecule has 5 N–H and O–H groups in total. The normalized spacial score (nSPS) is 51.0. The summed E-state index contributed by atoms with van der Waals surface area (Å²) in [4.78, 5) is 18.4. The van der Waals surface area contributed by atoms with Crippen molar-refractivity contribution in [2.75, 3.05) is 6.16 Å². The van der Waals surface area contributed by atoms with E-state index < -0.39 is 13.7 Å². The van der Waals surface area contributed by atoms with Crippen LogP contribution in [0.2, 0.25) is 0 Å². The fourth-order valence-electron chi connectivity index (χ4n) is 8.95. The van der Waals surface area contributed by atoms with Crippen molar-refractivity contribution in [3.63, 3.8) is 0 Å². The molecule has 0 bridgehead atoms. The van der Waals surface area contributed by atoms with E-state index in [1.54, 1.807) is 0 Å². The minimum atomic E-state index is -3.97. The van der Waals surface area contributed by atoms with Crippen LogP contribution in [0.4, 0.5) is 0 Å². The highest BCUT2D eigenvalue weighted by atomic mass is 31.2. The van der Waals surface area contributed by atoms with E-state index in [0.29, 0.717) is 30.1 Å². The van der Waals surface area contributed by atoms with Gasteiger partial charge >= 0.3 is 7.60 Å². The molecule has 4 saturated carbocycles. The lowest BCUT2D eigenvalue weighted by molar-refractivity contribution is -0.207. The fraction of sp³-hybridized carbons (Fsp3) is 1.00. The smallest absolute Gasteiger partial charge is 0.325 e. The van der Waals surface area contributed by atoms with Gasteiger partial charge in [0.05, 0.1) is 18.3 Å². The van der Waals surface area contributed by atoms with Crippen LogP contribution in [-0.2, 0) is 4.57 Å². The molecule has 4 fully saturated rings. The molecule has 180 valence electrons. The summed E-state index contributed by atoms with van der Waals surface area (Å²) in [5.74, 6) is 1.73. The van der Waals surface area contributed by atoms with Gasteiger partial charge in [0.1, 0.15) is 0 Å². The first kappa shape index (κ1) is 24.2. The molecule has 0 radical (unpaired) electrons. The van der Waals surface area contributed by atoms with Crippen LogP contribution in [0.3, 0.4) is 0 Å². The van der Waals surface area contributed by atoms with E-state index >= 15 is 0 Å². The monoisotopic (exact) mass is 458 g/mol. The Hall–Kier alpha value is 0.0300. The topological polar surface area (TPSA) is 118 Å². The number of hydrogen-bond donors (Lipinski definition) is 5. The Labute approximate surface area is 187 Å². The fourth-order valence-corrected chi connectivity index (χ4v) is 9.55. The van der Waals surface area contributed by atoms with E-state index in [0.717, 1.165) is 51.4 Å². The van der Waals surface area contributed by atoms with Crippen molar-refractivity contribution >= 4 is 7.60 Å². The van der Waals surface area contributed by atoms with Crippen LogP contribution in [-0.4, -0.2) is 49.6 Å². The maximum atomic E-state index is 11.5. The molecule has 0 aromatic heterocycles. The molecule has 4 rings (SSSR count). The second-order valence-electron chi connectivity index (χ2n) is 12.0. The Kier molecular flexibility index (Phi) is 6.51. The molecule has 4 aliphatic rings. The van der Waals surface area contributed by atoms with Crippen LogP contribution >= 0.6 is 7.60 Å². The van der Waals surface area contributed by atoms with E-state index in [1.165, 1.54) is 0 Å². The first-order chi connectivity index (χ1) is 14.4. The average molecular weight is 459 g/mol. The largest absolute Gasteiger partial charge is 0.393 e. The van der Waals surface area contributed by atoms with Gasteiger partial charge in [0.25, 0.3) is 0 Å². The Morgan fingerprint density at radius 3 is 2.39 bits per heavy atom. The zero-order valence-electron chi connectivity index (χ0n) is 19.4. The van der Waals surface area contributed by atoms with E-state index in [-0.39, 0.29) is 41.0 Å². The SMILES string of the molecule is C[C@H](CCCP(=O)(O)O)[C@H]1CC[C@H]2[C@@H]3[C@H](O)C[C@@H]4C[C@H](O)CC[C@]4(C)[C@H]3C[C@H](O)[C@]12C. The predicted molar refractivity (Wildman–Crippen MR) is 119 cm³/mol. The molecule has 0 spiro atoms. The third-order valence-electron chi connectivity index (χ3n) is 10.6. The number of rotatable bonds is 5. The highest BCUT2D eigenvalue weighted by Gasteiger charge is 2.65. The molecule has 6 nitrogen and oxygen atoms in total. The summed E-state index contributed by atoms with van der Waals surface area (Å²) in [6.07, 6.45) is 6.26. The Morgan fingerprint density at radius 1 is 1.00 bits per heavy atom. The molecule has 0 unspecified atom stereocenters. The Balaban J connectivity index is 1.54. The first-order valence-corrected chi connectivity index (χ1v) is 14.3. The van der Waals surface area contributed by atoms with Crippen LogP contribution in [0.25, 0.3) is 0 Å². The van der Waals surface area contributed by atoms with E-state index in [2.05, 4.69) is 20.8 Å². The van der Waals surface area contributed by atoms with Gasteiger partial charge in [-0.15, -0.1) is 0 Å². The van der Waals surface area contributed by atoms with E-state index in [1.807, 2.05) is 0 Å². The molecule has 11 atom stereocenters. The van der Waals surface area contributed by atoms with Crippen LogP contribution in [0.1, 0.15) is 78.6 Å². The molecule has 0 heterocycles. The molecule has 0 amide bonds. The van der Waals surface area contributed by atoms with Gasteiger partial charge in [0.15, 0.2) is 0 Å². The number of aliphatic hydroxyl groups excluding tert-OH is 3. The maximum absolute atomic E-state index is 11.5. The third-order valence-corrected chi connectivity index (χ3v) is 11.5. The highest BCUT2D eigenvalue weighted by Crippen LogP contribution is 2.68.